The van der Waals surface area contributed by atoms with Crippen LogP contribution in [0.15, 0.2) is 0 Å². The van der Waals surface area contributed by atoms with Crippen molar-refractivity contribution in [1.29, 1.82) is 0 Å². The van der Waals surface area contributed by atoms with E-state index in [-0.39, 0.29) is 0 Å². The summed E-state index contributed by atoms with van der Waals surface area (Å²) in [4.78, 5) is 1.54. The normalized spacial score (nSPS) is 28.8. The van der Waals surface area contributed by atoms with E-state index in [9.17, 15) is 13.2 Å². The topological polar surface area (TPSA) is 3.24 Å². The molecule has 1 aliphatic heterocycles. The van der Waals surface area contributed by atoms with Gasteiger partial charge in [-0.05, 0) is 32.2 Å². The SMILES string of the molecule is C[C@H]1CCCN([C@H](C)C(F)(F)F)C1. The largest absolute Gasteiger partial charge is 0.403 e. The summed E-state index contributed by atoms with van der Waals surface area (Å²) in [5.41, 5.74) is 0. The third kappa shape index (κ3) is 2.86. The van der Waals surface area contributed by atoms with Crippen molar-refractivity contribution in [1.82, 2.24) is 4.90 Å². The van der Waals surface area contributed by atoms with Crippen LogP contribution in [0.4, 0.5) is 13.2 Å². The zero-order chi connectivity index (χ0) is 10.1. The van der Waals surface area contributed by atoms with E-state index >= 15 is 0 Å². The summed E-state index contributed by atoms with van der Waals surface area (Å²) in [7, 11) is 0. The molecule has 0 N–H and O–H groups in total. The molecule has 1 heterocycles. The number of piperidine rings is 1. The molecule has 1 nitrogen and oxygen atoms in total. The summed E-state index contributed by atoms with van der Waals surface area (Å²) in [6, 6.07) is -1.28. The van der Waals surface area contributed by atoms with Gasteiger partial charge < -0.3 is 0 Å². The fraction of sp³-hybridized carbons (Fsp3) is 1.00. The molecule has 2 atom stereocenters. The van der Waals surface area contributed by atoms with Crippen LogP contribution in [0, 0.1) is 5.92 Å². The predicted octanol–water partition coefficient (Wildman–Crippen LogP) is 2.67. The van der Waals surface area contributed by atoms with E-state index in [4.69, 9.17) is 0 Å². The maximum atomic E-state index is 12.3. The van der Waals surface area contributed by atoms with E-state index < -0.39 is 12.2 Å². The second-order valence-electron chi connectivity index (χ2n) is 3.96. The predicted molar refractivity (Wildman–Crippen MR) is 45.5 cm³/mol. The minimum atomic E-state index is -4.07. The molecule has 0 unspecified atom stereocenters. The minimum Gasteiger partial charge on any atom is -0.292 e. The molecule has 0 saturated carbocycles. The zero-order valence-electron chi connectivity index (χ0n) is 8.06. The van der Waals surface area contributed by atoms with Gasteiger partial charge in [-0.25, -0.2) is 0 Å². The highest BCUT2D eigenvalue weighted by molar-refractivity contribution is 4.79. The third-order valence-electron chi connectivity index (χ3n) is 2.71. The lowest BCUT2D eigenvalue weighted by Crippen LogP contribution is -2.47. The number of halogens is 3. The van der Waals surface area contributed by atoms with Crippen LogP contribution in [0.2, 0.25) is 0 Å². The Labute approximate surface area is 76.9 Å². The number of hydrogen-bond donors (Lipinski definition) is 0. The second-order valence-corrected chi connectivity index (χ2v) is 3.96. The van der Waals surface area contributed by atoms with Gasteiger partial charge in [-0.2, -0.15) is 13.2 Å². The summed E-state index contributed by atoms with van der Waals surface area (Å²) in [5, 5.41) is 0. The highest BCUT2D eigenvalue weighted by atomic mass is 19.4. The number of likely N-dealkylation sites (tertiary alicyclic amines) is 1. The van der Waals surface area contributed by atoms with E-state index in [0.29, 0.717) is 19.0 Å². The third-order valence-corrected chi connectivity index (χ3v) is 2.71. The van der Waals surface area contributed by atoms with E-state index in [1.54, 1.807) is 0 Å². The lowest BCUT2D eigenvalue weighted by Gasteiger charge is -2.36. The van der Waals surface area contributed by atoms with Crippen molar-refractivity contribution < 1.29 is 13.2 Å². The number of rotatable bonds is 1. The summed E-state index contributed by atoms with van der Waals surface area (Å²) >= 11 is 0. The molecule has 0 aromatic rings. The summed E-state index contributed by atoms with van der Waals surface area (Å²) in [6.45, 7) is 4.43. The Morgan fingerprint density at radius 3 is 2.46 bits per heavy atom. The first-order chi connectivity index (χ1) is 5.91. The molecule has 0 radical (unpaired) electrons. The molecule has 4 heteroatoms. The smallest absolute Gasteiger partial charge is 0.292 e. The van der Waals surface area contributed by atoms with Gasteiger partial charge in [0.25, 0.3) is 0 Å². The van der Waals surface area contributed by atoms with E-state index in [1.165, 1.54) is 11.8 Å². The van der Waals surface area contributed by atoms with Gasteiger partial charge in [-0.15, -0.1) is 0 Å². The van der Waals surface area contributed by atoms with Crippen LogP contribution in [0.25, 0.3) is 0 Å². The van der Waals surface area contributed by atoms with E-state index in [1.807, 2.05) is 6.92 Å². The van der Waals surface area contributed by atoms with Crippen molar-refractivity contribution in [2.75, 3.05) is 13.1 Å². The average Bonchev–Trinajstić information content (AvgIpc) is 2.01. The molecule has 0 aromatic carbocycles. The van der Waals surface area contributed by atoms with Crippen LogP contribution in [-0.2, 0) is 0 Å². The van der Waals surface area contributed by atoms with E-state index in [2.05, 4.69) is 0 Å². The maximum Gasteiger partial charge on any atom is 0.403 e. The van der Waals surface area contributed by atoms with Gasteiger partial charge in [-0.3, -0.25) is 4.90 Å². The first-order valence-corrected chi connectivity index (χ1v) is 4.72. The molecule has 1 fully saturated rings. The van der Waals surface area contributed by atoms with Crippen molar-refractivity contribution in [3.8, 4) is 0 Å². The van der Waals surface area contributed by atoms with Crippen LogP contribution in [0.5, 0.6) is 0 Å². The Balaban J connectivity index is 2.51. The molecular weight excluding hydrogens is 179 g/mol. The Morgan fingerprint density at radius 2 is 2.00 bits per heavy atom. The molecule has 1 aliphatic rings. The zero-order valence-corrected chi connectivity index (χ0v) is 8.06. The Kier molecular flexibility index (Phi) is 3.22. The van der Waals surface area contributed by atoms with Gasteiger partial charge in [0.15, 0.2) is 0 Å². The van der Waals surface area contributed by atoms with Crippen LogP contribution in [0.3, 0.4) is 0 Å². The van der Waals surface area contributed by atoms with Crippen molar-refractivity contribution >= 4 is 0 Å². The number of hydrogen-bond acceptors (Lipinski definition) is 1. The molecule has 0 amide bonds. The molecule has 0 aromatic heterocycles. The summed E-state index contributed by atoms with van der Waals surface area (Å²) in [6.07, 6.45) is -2.13. The summed E-state index contributed by atoms with van der Waals surface area (Å²) in [5.74, 6) is 0.401. The van der Waals surface area contributed by atoms with Crippen molar-refractivity contribution in [2.45, 2.75) is 38.9 Å². The fourth-order valence-electron chi connectivity index (χ4n) is 1.78. The molecule has 0 spiro atoms. The minimum absolute atomic E-state index is 0.401. The van der Waals surface area contributed by atoms with Gasteiger partial charge in [-0.1, -0.05) is 6.92 Å². The lowest BCUT2D eigenvalue weighted by molar-refractivity contribution is -0.182. The second kappa shape index (κ2) is 3.86. The highest BCUT2D eigenvalue weighted by Crippen LogP contribution is 2.27. The quantitative estimate of drug-likeness (QED) is 0.621. The number of alkyl halides is 3. The Morgan fingerprint density at radius 1 is 1.38 bits per heavy atom. The fourth-order valence-corrected chi connectivity index (χ4v) is 1.78. The average molecular weight is 195 g/mol. The van der Waals surface area contributed by atoms with Crippen LogP contribution < -0.4 is 0 Å². The van der Waals surface area contributed by atoms with Gasteiger partial charge >= 0.3 is 6.18 Å². The Bertz CT molecular complexity index is 167. The molecule has 0 aliphatic carbocycles. The molecule has 78 valence electrons. The van der Waals surface area contributed by atoms with Gasteiger partial charge in [0.1, 0.15) is 6.04 Å². The van der Waals surface area contributed by atoms with Crippen LogP contribution >= 0.6 is 0 Å². The summed E-state index contributed by atoms with van der Waals surface area (Å²) < 4.78 is 37.0. The number of nitrogens with zero attached hydrogens (tertiary/aromatic N) is 1. The van der Waals surface area contributed by atoms with Gasteiger partial charge in [0.2, 0.25) is 0 Å². The van der Waals surface area contributed by atoms with Crippen molar-refractivity contribution in [3.05, 3.63) is 0 Å². The molecule has 1 rings (SSSR count). The maximum absolute atomic E-state index is 12.3. The lowest BCUT2D eigenvalue weighted by atomic mass is 9.99. The molecule has 0 bridgehead atoms. The van der Waals surface area contributed by atoms with Crippen molar-refractivity contribution in [3.63, 3.8) is 0 Å². The van der Waals surface area contributed by atoms with Gasteiger partial charge in [0, 0.05) is 6.54 Å². The monoisotopic (exact) mass is 195 g/mol. The molecule has 13 heavy (non-hydrogen) atoms. The van der Waals surface area contributed by atoms with Crippen molar-refractivity contribution in [2.24, 2.45) is 5.92 Å². The van der Waals surface area contributed by atoms with E-state index in [0.717, 1.165) is 12.8 Å². The highest BCUT2D eigenvalue weighted by Gasteiger charge is 2.40. The van der Waals surface area contributed by atoms with Crippen LogP contribution in [0.1, 0.15) is 26.7 Å². The van der Waals surface area contributed by atoms with Gasteiger partial charge in [0.05, 0.1) is 0 Å². The van der Waals surface area contributed by atoms with Crippen LogP contribution in [-0.4, -0.2) is 30.2 Å². The standard InChI is InChI=1S/C9H16F3N/c1-7-4-3-5-13(6-7)8(2)9(10,11)12/h7-8H,3-6H2,1-2H3/t7-,8+/m0/s1. The Hall–Kier alpha value is -0.250. The molecular formula is C9H16F3N. The first-order valence-electron chi connectivity index (χ1n) is 4.72. The molecule has 1 saturated heterocycles. The first kappa shape index (κ1) is 10.8.